The van der Waals surface area contributed by atoms with Crippen LogP contribution in [0.25, 0.3) is 22.0 Å². The Morgan fingerprint density at radius 1 is 1.06 bits per heavy atom. The third kappa shape index (κ3) is 4.35. The molecular weight excluding hydrogens is 394 g/mol. The molecule has 0 saturated carbocycles. The number of hydrogen-bond acceptors (Lipinski definition) is 4. The summed E-state index contributed by atoms with van der Waals surface area (Å²) < 4.78 is 0. The molecule has 0 saturated heterocycles. The first-order valence-electron chi connectivity index (χ1n) is 9.65. The second-order valence-electron chi connectivity index (χ2n) is 7.07. The number of hydrogen-bond donors (Lipinski definition) is 3. The average Bonchev–Trinajstić information content (AvgIpc) is 2.79. The second-order valence-corrected chi connectivity index (χ2v) is 7.07. The summed E-state index contributed by atoms with van der Waals surface area (Å²) >= 11 is 0. The molecule has 31 heavy (non-hydrogen) atoms. The summed E-state index contributed by atoms with van der Waals surface area (Å²) in [7, 11) is 0. The highest BCUT2D eigenvalue weighted by Gasteiger charge is 2.16. The SMILES string of the molecule is O=C(O)CNC(=O)c1c[nH]c2cc(Cc3ccccc3)c(-c3cccnc3)cc2c1=O. The predicted octanol–water partition coefficient (Wildman–Crippen LogP) is 3.00. The van der Waals surface area contributed by atoms with Crippen molar-refractivity contribution in [3.05, 3.63) is 100 Å². The molecule has 0 aliphatic carbocycles. The number of carboxylic acids is 1. The number of aromatic amines is 1. The Kier molecular flexibility index (Phi) is 5.57. The summed E-state index contributed by atoms with van der Waals surface area (Å²) in [5.74, 6) is -1.92. The van der Waals surface area contributed by atoms with Gasteiger partial charge in [0.05, 0.1) is 0 Å². The maximum atomic E-state index is 13.0. The fourth-order valence-corrected chi connectivity index (χ4v) is 3.48. The number of H-pyrrole nitrogens is 1. The molecular formula is C24H19N3O4. The van der Waals surface area contributed by atoms with E-state index in [0.717, 1.165) is 22.3 Å². The Morgan fingerprint density at radius 3 is 2.58 bits per heavy atom. The molecule has 1 amide bonds. The Morgan fingerprint density at radius 2 is 1.87 bits per heavy atom. The van der Waals surface area contributed by atoms with Gasteiger partial charge in [0.15, 0.2) is 0 Å². The van der Waals surface area contributed by atoms with Crippen molar-refractivity contribution >= 4 is 22.8 Å². The molecule has 7 heteroatoms. The van der Waals surface area contributed by atoms with E-state index < -0.39 is 23.9 Å². The van der Waals surface area contributed by atoms with Gasteiger partial charge in [0.25, 0.3) is 5.91 Å². The van der Waals surface area contributed by atoms with Crippen LogP contribution < -0.4 is 10.7 Å². The number of rotatable bonds is 6. The van der Waals surface area contributed by atoms with E-state index in [1.165, 1.54) is 6.20 Å². The Bertz CT molecular complexity index is 1320. The van der Waals surface area contributed by atoms with E-state index in [9.17, 15) is 14.4 Å². The zero-order chi connectivity index (χ0) is 21.8. The van der Waals surface area contributed by atoms with Crippen LogP contribution in [0.1, 0.15) is 21.5 Å². The number of carboxylic acid groups (broad SMARTS) is 1. The highest BCUT2D eigenvalue weighted by atomic mass is 16.4. The first-order valence-corrected chi connectivity index (χ1v) is 9.65. The minimum Gasteiger partial charge on any atom is -0.480 e. The zero-order valence-corrected chi connectivity index (χ0v) is 16.5. The minimum absolute atomic E-state index is 0.137. The van der Waals surface area contributed by atoms with Crippen molar-refractivity contribution in [2.24, 2.45) is 0 Å². The van der Waals surface area contributed by atoms with E-state index in [1.807, 2.05) is 48.5 Å². The molecule has 2 aromatic heterocycles. The van der Waals surface area contributed by atoms with Gasteiger partial charge in [0, 0.05) is 35.1 Å². The summed E-state index contributed by atoms with van der Waals surface area (Å²) in [5, 5.41) is 11.3. The normalized spacial score (nSPS) is 10.7. The summed E-state index contributed by atoms with van der Waals surface area (Å²) in [5.41, 5.74) is 3.83. The first kappa shape index (κ1) is 20.0. The molecule has 0 atom stereocenters. The molecule has 0 spiro atoms. The molecule has 3 N–H and O–H groups in total. The van der Waals surface area contributed by atoms with Crippen LogP contribution in [0, 0.1) is 0 Å². The first-order chi connectivity index (χ1) is 15.0. The van der Waals surface area contributed by atoms with Crippen molar-refractivity contribution in [2.75, 3.05) is 6.54 Å². The van der Waals surface area contributed by atoms with E-state index >= 15 is 0 Å². The number of carbonyl (C=O) groups excluding carboxylic acids is 1. The van der Waals surface area contributed by atoms with Gasteiger partial charge in [-0.15, -0.1) is 0 Å². The quantitative estimate of drug-likeness (QED) is 0.450. The van der Waals surface area contributed by atoms with Gasteiger partial charge in [-0.3, -0.25) is 19.4 Å². The smallest absolute Gasteiger partial charge is 0.322 e. The van der Waals surface area contributed by atoms with Crippen LogP contribution in [0.15, 0.2) is 78.0 Å². The lowest BCUT2D eigenvalue weighted by Gasteiger charge is -2.13. The fraction of sp³-hybridized carbons (Fsp3) is 0.0833. The lowest BCUT2D eigenvalue weighted by Crippen LogP contribution is -2.32. The van der Waals surface area contributed by atoms with Gasteiger partial charge < -0.3 is 15.4 Å². The average molecular weight is 413 g/mol. The van der Waals surface area contributed by atoms with E-state index in [0.29, 0.717) is 17.3 Å². The maximum Gasteiger partial charge on any atom is 0.322 e. The van der Waals surface area contributed by atoms with Gasteiger partial charge in [-0.2, -0.15) is 0 Å². The minimum atomic E-state index is -1.19. The van der Waals surface area contributed by atoms with Crippen molar-refractivity contribution in [3.8, 4) is 11.1 Å². The van der Waals surface area contributed by atoms with Crippen molar-refractivity contribution in [1.29, 1.82) is 0 Å². The number of aromatic nitrogens is 2. The summed E-state index contributed by atoms with van der Waals surface area (Å²) in [6, 6.07) is 17.4. The molecule has 0 radical (unpaired) electrons. The standard InChI is InChI=1S/C24H19N3O4/c28-22(29)14-27-24(31)20-13-26-21-10-17(9-15-5-2-1-3-6-15)18(11-19(21)23(20)30)16-7-4-8-25-12-16/h1-8,10-13H,9,14H2,(H,26,30)(H,27,31)(H,28,29). The Labute approximate surface area is 177 Å². The Hall–Kier alpha value is -4.26. The van der Waals surface area contributed by atoms with E-state index in [2.05, 4.69) is 15.3 Å². The van der Waals surface area contributed by atoms with Gasteiger partial charge in [-0.05, 0) is 41.3 Å². The number of pyridine rings is 2. The van der Waals surface area contributed by atoms with Crippen LogP contribution in [0.5, 0.6) is 0 Å². The summed E-state index contributed by atoms with van der Waals surface area (Å²) in [4.78, 5) is 43.2. The molecule has 0 fully saturated rings. The van der Waals surface area contributed by atoms with Crippen molar-refractivity contribution in [1.82, 2.24) is 15.3 Å². The van der Waals surface area contributed by atoms with Crippen molar-refractivity contribution in [2.45, 2.75) is 6.42 Å². The third-order valence-electron chi connectivity index (χ3n) is 4.96. The van der Waals surface area contributed by atoms with Gasteiger partial charge in [-0.1, -0.05) is 36.4 Å². The third-order valence-corrected chi connectivity index (χ3v) is 4.96. The molecule has 7 nitrogen and oxygen atoms in total. The van der Waals surface area contributed by atoms with Crippen LogP contribution in [0.3, 0.4) is 0 Å². The molecule has 2 aromatic carbocycles. The molecule has 0 aliphatic rings. The monoisotopic (exact) mass is 413 g/mol. The molecule has 2 heterocycles. The molecule has 0 aliphatic heterocycles. The number of aliphatic carboxylic acids is 1. The Balaban J connectivity index is 1.85. The molecule has 4 aromatic rings. The van der Waals surface area contributed by atoms with Gasteiger partial charge >= 0.3 is 5.97 Å². The van der Waals surface area contributed by atoms with Crippen LogP contribution >= 0.6 is 0 Å². The van der Waals surface area contributed by atoms with Crippen LogP contribution in [0.4, 0.5) is 0 Å². The summed E-state index contributed by atoms with van der Waals surface area (Å²) in [6.07, 6.45) is 5.38. The van der Waals surface area contributed by atoms with Crippen molar-refractivity contribution < 1.29 is 14.7 Å². The van der Waals surface area contributed by atoms with Crippen LogP contribution in [-0.2, 0) is 11.2 Å². The fourth-order valence-electron chi connectivity index (χ4n) is 3.48. The summed E-state index contributed by atoms with van der Waals surface area (Å²) in [6.45, 7) is -0.562. The predicted molar refractivity (Wildman–Crippen MR) is 117 cm³/mol. The van der Waals surface area contributed by atoms with Crippen LogP contribution in [-0.4, -0.2) is 33.5 Å². The van der Waals surface area contributed by atoms with E-state index in [4.69, 9.17) is 5.11 Å². The van der Waals surface area contributed by atoms with Crippen LogP contribution in [0.2, 0.25) is 0 Å². The van der Waals surface area contributed by atoms with Gasteiger partial charge in [-0.25, -0.2) is 0 Å². The van der Waals surface area contributed by atoms with Crippen molar-refractivity contribution in [3.63, 3.8) is 0 Å². The lowest BCUT2D eigenvalue weighted by atomic mass is 9.93. The van der Waals surface area contributed by atoms with Gasteiger partial charge in [0.1, 0.15) is 12.1 Å². The number of nitrogens with one attached hydrogen (secondary N) is 2. The number of amides is 1. The number of carbonyl (C=O) groups is 2. The number of fused-ring (bicyclic) bond motifs is 1. The molecule has 4 rings (SSSR count). The molecule has 154 valence electrons. The number of benzene rings is 2. The zero-order valence-electron chi connectivity index (χ0n) is 16.5. The highest BCUT2D eigenvalue weighted by Crippen LogP contribution is 2.28. The number of nitrogens with zero attached hydrogens (tertiary/aromatic N) is 1. The van der Waals surface area contributed by atoms with E-state index in [1.54, 1.807) is 18.5 Å². The van der Waals surface area contributed by atoms with E-state index in [-0.39, 0.29) is 5.56 Å². The topological polar surface area (TPSA) is 112 Å². The molecule has 0 unspecified atom stereocenters. The van der Waals surface area contributed by atoms with Gasteiger partial charge in [0.2, 0.25) is 5.43 Å². The lowest BCUT2D eigenvalue weighted by molar-refractivity contribution is -0.135. The second kappa shape index (κ2) is 8.62. The molecule has 0 bridgehead atoms. The largest absolute Gasteiger partial charge is 0.480 e. The maximum absolute atomic E-state index is 13.0. The highest BCUT2D eigenvalue weighted by molar-refractivity contribution is 5.99.